The first kappa shape index (κ1) is 15.8. The molecule has 24 heavy (non-hydrogen) atoms. The lowest BCUT2D eigenvalue weighted by molar-refractivity contribution is 0.102. The highest BCUT2D eigenvalue weighted by Gasteiger charge is 2.11. The maximum Gasteiger partial charge on any atom is 0.255 e. The van der Waals surface area contributed by atoms with Crippen LogP contribution in [0.3, 0.4) is 0 Å². The number of carbonyl (C=O) groups excluding carboxylic acids is 1. The van der Waals surface area contributed by atoms with Crippen molar-refractivity contribution in [2.24, 2.45) is 7.05 Å². The minimum Gasteiger partial charge on any atom is -0.331 e. The topological polar surface area (TPSA) is 70.7 Å². The molecule has 0 bridgehead atoms. The van der Waals surface area contributed by atoms with Crippen LogP contribution in [-0.2, 0) is 19.9 Å². The number of nitrogens with zero attached hydrogens (tertiary/aromatic N) is 3. The van der Waals surface area contributed by atoms with Gasteiger partial charge in [-0.3, -0.25) is 4.79 Å². The van der Waals surface area contributed by atoms with Crippen LogP contribution in [0.4, 0.5) is 5.69 Å². The molecule has 0 aliphatic heterocycles. The highest BCUT2D eigenvalue weighted by molar-refractivity contribution is 6.05. The van der Waals surface area contributed by atoms with Crippen LogP contribution in [0.15, 0.2) is 42.5 Å². The van der Waals surface area contributed by atoms with Crippen LogP contribution in [0.25, 0.3) is 11.0 Å². The molecule has 1 amide bonds. The van der Waals surface area contributed by atoms with Gasteiger partial charge in [-0.15, -0.1) is 0 Å². The second-order valence-electron chi connectivity index (χ2n) is 5.63. The predicted molar refractivity (Wildman–Crippen MR) is 93.8 cm³/mol. The smallest absolute Gasteiger partial charge is 0.255 e. The minimum atomic E-state index is -0.173. The van der Waals surface area contributed by atoms with Gasteiger partial charge in [0.2, 0.25) is 0 Å². The molecule has 2 aromatic carbocycles. The van der Waals surface area contributed by atoms with Gasteiger partial charge < -0.3 is 9.88 Å². The number of fused-ring (bicyclic) bond motifs is 1. The molecule has 5 heteroatoms. The number of amides is 1. The van der Waals surface area contributed by atoms with Crippen molar-refractivity contribution in [2.75, 3.05) is 5.32 Å². The molecule has 1 heterocycles. The van der Waals surface area contributed by atoms with E-state index in [0.717, 1.165) is 28.8 Å². The van der Waals surface area contributed by atoms with Crippen LogP contribution in [0.2, 0.25) is 0 Å². The molecule has 3 aromatic rings. The van der Waals surface area contributed by atoms with E-state index in [-0.39, 0.29) is 5.91 Å². The Hall–Kier alpha value is -3.13. The molecule has 0 fully saturated rings. The highest BCUT2D eigenvalue weighted by Crippen LogP contribution is 2.18. The number of aryl methyl sites for hydroxylation is 2. The molecule has 0 spiro atoms. The Bertz CT molecular complexity index is 932. The van der Waals surface area contributed by atoms with E-state index in [0.29, 0.717) is 17.7 Å². The van der Waals surface area contributed by atoms with Crippen molar-refractivity contribution in [3.05, 3.63) is 59.4 Å². The molecule has 0 saturated carbocycles. The van der Waals surface area contributed by atoms with Crippen LogP contribution in [-0.4, -0.2) is 15.5 Å². The summed E-state index contributed by atoms with van der Waals surface area (Å²) in [4.78, 5) is 17.0. The molecule has 0 aliphatic carbocycles. The quantitative estimate of drug-likeness (QED) is 0.801. The number of carbonyl (C=O) groups is 1. The summed E-state index contributed by atoms with van der Waals surface area (Å²) in [6.45, 7) is 2.06. The molecule has 0 aliphatic rings. The summed E-state index contributed by atoms with van der Waals surface area (Å²) < 4.78 is 2.05. The zero-order valence-electron chi connectivity index (χ0n) is 13.7. The van der Waals surface area contributed by atoms with Gasteiger partial charge in [0.25, 0.3) is 5.91 Å². The first-order valence-electron chi connectivity index (χ1n) is 7.85. The second-order valence-corrected chi connectivity index (χ2v) is 5.63. The van der Waals surface area contributed by atoms with Gasteiger partial charge in [-0.2, -0.15) is 5.26 Å². The van der Waals surface area contributed by atoms with Gasteiger partial charge in [-0.05, 0) is 35.9 Å². The van der Waals surface area contributed by atoms with E-state index in [1.165, 1.54) is 0 Å². The normalized spacial score (nSPS) is 10.5. The summed E-state index contributed by atoms with van der Waals surface area (Å²) in [5.74, 6) is 0.823. The Kier molecular flexibility index (Phi) is 4.30. The molecule has 5 nitrogen and oxygen atoms in total. The van der Waals surface area contributed by atoms with Crippen LogP contribution in [0.1, 0.15) is 28.7 Å². The number of nitriles is 1. The molecule has 0 atom stereocenters. The van der Waals surface area contributed by atoms with Gasteiger partial charge in [0.1, 0.15) is 5.82 Å². The van der Waals surface area contributed by atoms with Crippen molar-refractivity contribution < 1.29 is 4.79 Å². The zero-order chi connectivity index (χ0) is 17.1. The predicted octanol–water partition coefficient (Wildman–Crippen LogP) is 3.45. The van der Waals surface area contributed by atoms with Crippen molar-refractivity contribution >= 4 is 22.6 Å². The summed E-state index contributed by atoms with van der Waals surface area (Å²) in [5.41, 5.74) is 4.05. The number of hydrogen-bond donors (Lipinski definition) is 1. The van der Waals surface area contributed by atoms with E-state index in [2.05, 4.69) is 23.3 Å². The number of imidazole rings is 1. The van der Waals surface area contributed by atoms with Gasteiger partial charge in [-0.1, -0.05) is 19.1 Å². The third-order valence-electron chi connectivity index (χ3n) is 4.05. The first-order chi connectivity index (χ1) is 11.6. The Morgan fingerprint density at radius 1 is 1.25 bits per heavy atom. The fourth-order valence-electron chi connectivity index (χ4n) is 2.71. The average molecular weight is 318 g/mol. The van der Waals surface area contributed by atoms with Gasteiger partial charge in [0, 0.05) is 24.7 Å². The third kappa shape index (κ3) is 2.99. The summed E-state index contributed by atoms with van der Waals surface area (Å²) in [5, 5.41) is 11.6. The maximum atomic E-state index is 12.4. The molecule has 1 aromatic heterocycles. The van der Waals surface area contributed by atoms with Crippen molar-refractivity contribution in [3.63, 3.8) is 0 Å². The van der Waals surface area contributed by atoms with Crippen molar-refractivity contribution in [1.29, 1.82) is 5.26 Å². The van der Waals surface area contributed by atoms with Crippen LogP contribution in [0, 0.1) is 11.3 Å². The fourth-order valence-corrected chi connectivity index (χ4v) is 2.71. The zero-order valence-corrected chi connectivity index (χ0v) is 13.7. The summed E-state index contributed by atoms with van der Waals surface area (Å²) in [7, 11) is 1.98. The van der Waals surface area contributed by atoms with Gasteiger partial charge in [0.15, 0.2) is 0 Å². The standard InChI is InChI=1S/C19H18N4O/c1-3-18-22-16-12-14(6-9-17(16)23(18)2)19(24)21-15-7-4-13(5-8-15)10-11-20/h4-9,12H,3,10H2,1-2H3,(H,21,24). The number of aromatic nitrogens is 2. The lowest BCUT2D eigenvalue weighted by Crippen LogP contribution is -2.11. The van der Waals surface area contributed by atoms with E-state index in [9.17, 15) is 4.79 Å². The van der Waals surface area contributed by atoms with Crippen molar-refractivity contribution in [1.82, 2.24) is 9.55 Å². The molecule has 3 rings (SSSR count). The molecule has 0 radical (unpaired) electrons. The van der Waals surface area contributed by atoms with Crippen LogP contribution < -0.4 is 5.32 Å². The van der Waals surface area contributed by atoms with Crippen molar-refractivity contribution in [2.45, 2.75) is 19.8 Å². The highest BCUT2D eigenvalue weighted by atomic mass is 16.1. The lowest BCUT2D eigenvalue weighted by Gasteiger charge is -2.06. The lowest BCUT2D eigenvalue weighted by atomic mass is 10.1. The minimum absolute atomic E-state index is 0.173. The second kappa shape index (κ2) is 6.55. The molecule has 0 saturated heterocycles. The van der Waals surface area contributed by atoms with E-state index < -0.39 is 0 Å². The van der Waals surface area contributed by atoms with Gasteiger partial charge >= 0.3 is 0 Å². The van der Waals surface area contributed by atoms with E-state index in [4.69, 9.17) is 5.26 Å². The Labute approximate surface area is 140 Å². The number of rotatable bonds is 4. The van der Waals surface area contributed by atoms with Crippen LogP contribution >= 0.6 is 0 Å². The van der Waals surface area contributed by atoms with E-state index in [1.807, 2.05) is 41.9 Å². The van der Waals surface area contributed by atoms with E-state index in [1.54, 1.807) is 12.1 Å². The molecular weight excluding hydrogens is 300 g/mol. The summed E-state index contributed by atoms with van der Waals surface area (Å²) in [6, 6.07) is 14.9. The van der Waals surface area contributed by atoms with E-state index >= 15 is 0 Å². The summed E-state index contributed by atoms with van der Waals surface area (Å²) in [6.07, 6.45) is 1.21. The number of benzene rings is 2. The Morgan fingerprint density at radius 2 is 2.00 bits per heavy atom. The first-order valence-corrected chi connectivity index (χ1v) is 7.85. The largest absolute Gasteiger partial charge is 0.331 e. The molecule has 120 valence electrons. The average Bonchev–Trinajstić information content (AvgIpc) is 2.92. The fraction of sp³-hybridized carbons (Fsp3) is 0.211. The third-order valence-corrected chi connectivity index (χ3v) is 4.05. The number of anilines is 1. The Balaban J connectivity index is 1.82. The number of hydrogen-bond acceptors (Lipinski definition) is 3. The van der Waals surface area contributed by atoms with Crippen LogP contribution in [0.5, 0.6) is 0 Å². The summed E-state index contributed by atoms with van der Waals surface area (Å²) >= 11 is 0. The van der Waals surface area contributed by atoms with Gasteiger partial charge in [0.05, 0.1) is 23.5 Å². The molecule has 1 N–H and O–H groups in total. The molecule has 0 unspecified atom stereocenters. The van der Waals surface area contributed by atoms with Crippen molar-refractivity contribution in [3.8, 4) is 6.07 Å². The Morgan fingerprint density at radius 3 is 2.67 bits per heavy atom. The van der Waals surface area contributed by atoms with Gasteiger partial charge in [-0.25, -0.2) is 4.98 Å². The maximum absolute atomic E-state index is 12.4. The monoisotopic (exact) mass is 318 g/mol. The number of nitrogens with one attached hydrogen (secondary N) is 1. The molecular formula is C19H18N4O. The SMILES string of the molecule is CCc1nc2cc(C(=O)Nc3ccc(CC#N)cc3)ccc2n1C.